The summed E-state index contributed by atoms with van der Waals surface area (Å²) in [6.07, 6.45) is 2.63. The van der Waals surface area contributed by atoms with E-state index >= 15 is 0 Å². The van der Waals surface area contributed by atoms with Gasteiger partial charge in [-0.05, 0) is 55.1 Å². The van der Waals surface area contributed by atoms with Crippen LogP contribution in [-0.2, 0) is 21.4 Å². The Labute approximate surface area is 173 Å². The van der Waals surface area contributed by atoms with Crippen molar-refractivity contribution in [2.75, 3.05) is 25.0 Å². The van der Waals surface area contributed by atoms with Crippen LogP contribution in [0.3, 0.4) is 0 Å². The van der Waals surface area contributed by atoms with Crippen molar-refractivity contribution in [2.45, 2.75) is 37.6 Å². The van der Waals surface area contributed by atoms with Crippen molar-refractivity contribution < 1.29 is 13.2 Å². The Morgan fingerprint density at radius 1 is 1.10 bits per heavy atom. The highest BCUT2D eigenvalue weighted by atomic mass is 32.2. The van der Waals surface area contributed by atoms with Crippen LogP contribution in [-0.4, -0.2) is 38.9 Å². The maximum atomic E-state index is 12.1. The second kappa shape index (κ2) is 10.0. The molecule has 0 radical (unpaired) electrons. The summed E-state index contributed by atoms with van der Waals surface area (Å²) in [5.41, 5.74) is 1.95. The number of sulfonamides is 1. The van der Waals surface area contributed by atoms with Gasteiger partial charge in [0.25, 0.3) is 0 Å². The van der Waals surface area contributed by atoms with Crippen molar-refractivity contribution in [1.82, 2.24) is 9.62 Å². The summed E-state index contributed by atoms with van der Waals surface area (Å²) in [5.74, 6) is 0.528. The predicted octanol–water partition coefficient (Wildman–Crippen LogP) is 3.23. The van der Waals surface area contributed by atoms with Crippen molar-refractivity contribution >= 4 is 21.6 Å². The van der Waals surface area contributed by atoms with E-state index in [1.807, 2.05) is 24.3 Å². The van der Waals surface area contributed by atoms with Crippen LogP contribution >= 0.6 is 0 Å². The molecule has 0 aliphatic carbocycles. The molecule has 2 N–H and O–H groups in total. The molecule has 2 aromatic carbocycles. The van der Waals surface area contributed by atoms with Gasteiger partial charge in [-0.15, -0.1) is 0 Å². The van der Waals surface area contributed by atoms with Gasteiger partial charge in [-0.1, -0.05) is 37.3 Å². The van der Waals surface area contributed by atoms with E-state index in [4.69, 9.17) is 0 Å². The SMILES string of the molecule is CC1CCCN(Cc2ccc(NC(=O)CCNS(=O)(=O)c3ccccc3)cc2)C1. The van der Waals surface area contributed by atoms with Crippen molar-refractivity contribution in [3.63, 3.8) is 0 Å². The standard InChI is InChI=1S/C22H29N3O3S/c1-18-6-5-15-25(16-18)17-19-9-11-20(12-10-19)24-22(26)13-14-23-29(27,28)21-7-3-2-4-8-21/h2-4,7-12,18,23H,5-6,13-17H2,1H3,(H,24,26). The smallest absolute Gasteiger partial charge is 0.240 e. The topological polar surface area (TPSA) is 78.5 Å². The molecule has 1 atom stereocenters. The van der Waals surface area contributed by atoms with E-state index in [9.17, 15) is 13.2 Å². The lowest BCUT2D eigenvalue weighted by Gasteiger charge is -2.30. The lowest BCUT2D eigenvalue weighted by Crippen LogP contribution is -2.33. The van der Waals surface area contributed by atoms with E-state index in [1.54, 1.807) is 18.2 Å². The first-order chi connectivity index (χ1) is 13.9. The number of carbonyl (C=O) groups is 1. The van der Waals surface area contributed by atoms with Gasteiger partial charge in [0.15, 0.2) is 0 Å². The average Bonchev–Trinajstić information content (AvgIpc) is 2.70. The first kappa shape index (κ1) is 21.5. The lowest BCUT2D eigenvalue weighted by atomic mass is 10.00. The van der Waals surface area contributed by atoms with Gasteiger partial charge in [0.1, 0.15) is 0 Å². The molecule has 1 aliphatic heterocycles. The normalized spacial score (nSPS) is 17.8. The van der Waals surface area contributed by atoms with Gasteiger partial charge >= 0.3 is 0 Å². The Bertz CT molecular complexity index is 899. The molecule has 1 unspecified atom stereocenters. The number of nitrogens with one attached hydrogen (secondary N) is 2. The van der Waals surface area contributed by atoms with E-state index in [0.29, 0.717) is 0 Å². The Morgan fingerprint density at radius 2 is 1.83 bits per heavy atom. The van der Waals surface area contributed by atoms with Crippen LogP contribution in [0.2, 0.25) is 0 Å². The minimum absolute atomic E-state index is 0.0499. The van der Waals surface area contributed by atoms with Crippen LogP contribution in [0.15, 0.2) is 59.5 Å². The molecule has 1 aliphatic rings. The summed E-state index contributed by atoms with van der Waals surface area (Å²) in [4.78, 5) is 14.8. The summed E-state index contributed by atoms with van der Waals surface area (Å²) in [6.45, 7) is 5.55. The summed E-state index contributed by atoms with van der Waals surface area (Å²) < 4.78 is 26.7. The van der Waals surface area contributed by atoms with Crippen LogP contribution in [0, 0.1) is 5.92 Å². The Morgan fingerprint density at radius 3 is 2.52 bits per heavy atom. The zero-order valence-electron chi connectivity index (χ0n) is 16.8. The van der Waals surface area contributed by atoms with Gasteiger partial charge in [0.05, 0.1) is 4.90 Å². The molecule has 1 saturated heterocycles. The second-order valence-electron chi connectivity index (χ2n) is 7.69. The molecule has 29 heavy (non-hydrogen) atoms. The monoisotopic (exact) mass is 415 g/mol. The Hall–Kier alpha value is -2.22. The fourth-order valence-electron chi connectivity index (χ4n) is 3.59. The van der Waals surface area contributed by atoms with Gasteiger partial charge in [-0.25, -0.2) is 13.1 Å². The minimum Gasteiger partial charge on any atom is -0.326 e. The van der Waals surface area contributed by atoms with E-state index < -0.39 is 10.0 Å². The summed E-state index contributed by atoms with van der Waals surface area (Å²) >= 11 is 0. The number of benzene rings is 2. The number of anilines is 1. The molecule has 0 bridgehead atoms. The maximum Gasteiger partial charge on any atom is 0.240 e. The molecule has 3 rings (SSSR count). The molecular weight excluding hydrogens is 386 g/mol. The zero-order chi connectivity index (χ0) is 20.7. The molecule has 1 fully saturated rings. The van der Waals surface area contributed by atoms with E-state index in [1.165, 1.54) is 30.5 Å². The molecule has 0 spiro atoms. The van der Waals surface area contributed by atoms with Crippen LogP contribution in [0.4, 0.5) is 5.69 Å². The third-order valence-electron chi connectivity index (χ3n) is 5.08. The van der Waals surface area contributed by atoms with Crippen molar-refractivity contribution in [2.24, 2.45) is 5.92 Å². The van der Waals surface area contributed by atoms with E-state index in [0.717, 1.165) is 31.2 Å². The van der Waals surface area contributed by atoms with Crippen molar-refractivity contribution in [1.29, 1.82) is 0 Å². The summed E-state index contributed by atoms with van der Waals surface area (Å²) in [7, 11) is -3.59. The number of rotatable bonds is 8. The van der Waals surface area contributed by atoms with Gasteiger partial charge in [-0.2, -0.15) is 0 Å². The molecule has 1 heterocycles. The largest absolute Gasteiger partial charge is 0.326 e. The van der Waals surface area contributed by atoms with Crippen LogP contribution in [0.1, 0.15) is 31.7 Å². The lowest BCUT2D eigenvalue weighted by molar-refractivity contribution is -0.116. The molecule has 1 amide bonds. The predicted molar refractivity (Wildman–Crippen MR) is 115 cm³/mol. The van der Waals surface area contributed by atoms with Crippen LogP contribution < -0.4 is 10.0 Å². The van der Waals surface area contributed by atoms with Crippen molar-refractivity contribution in [3.8, 4) is 0 Å². The quantitative estimate of drug-likeness (QED) is 0.694. The Balaban J connectivity index is 1.43. The minimum atomic E-state index is -3.59. The average molecular weight is 416 g/mol. The fourth-order valence-corrected chi connectivity index (χ4v) is 4.64. The molecule has 0 aromatic heterocycles. The number of hydrogen-bond acceptors (Lipinski definition) is 4. The zero-order valence-corrected chi connectivity index (χ0v) is 17.6. The number of likely N-dealkylation sites (tertiary alicyclic amines) is 1. The molecule has 2 aromatic rings. The van der Waals surface area contributed by atoms with Crippen LogP contribution in [0.25, 0.3) is 0 Å². The number of nitrogens with zero attached hydrogens (tertiary/aromatic N) is 1. The first-order valence-electron chi connectivity index (χ1n) is 10.1. The highest BCUT2D eigenvalue weighted by molar-refractivity contribution is 7.89. The molecule has 156 valence electrons. The molecular formula is C22H29N3O3S. The van der Waals surface area contributed by atoms with E-state index in [-0.39, 0.29) is 23.8 Å². The number of carbonyl (C=O) groups excluding carboxylic acids is 1. The van der Waals surface area contributed by atoms with Gasteiger partial charge in [0, 0.05) is 31.7 Å². The number of amides is 1. The maximum absolute atomic E-state index is 12.1. The summed E-state index contributed by atoms with van der Waals surface area (Å²) in [6, 6.07) is 16.0. The van der Waals surface area contributed by atoms with Crippen molar-refractivity contribution in [3.05, 3.63) is 60.2 Å². The fraction of sp³-hybridized carbons (Fsp3) is 0.409. The second-order valence-corrected chi connectivity index (χ2v) is 9.46. The first-order valence-corrected chi connectivity index (χ1v) is 11.6. The third kappa shape index (κ3) is 6.66. The molecule has 6 nitrogen and oxygen atoms in total. The number of hydrogen-bond donors (Lipinski definition) is 2. The van der Waals surface area contributed by atoms with E-state index in [2.05, 4.69) is 21.9 Å². The van der Waals surface area contributed by atoms with Gasteiger partial charge in [0.2, 0.25) is 15.9 Å². The summed E-state index contributed by atoms with van der Waals surface area (Å²) in [5, 5.41) is 2.82. The highest BCUT2D eigenvalue weighted by Crippen LogP contribution is 2.19. The van der Waals surface area contributed by atoms with Gasteiger partial charge < -0.3 is 5.32 Å². The van der Waals surface area contributed by atoms with Gasteiger partial charge in [-0.3, -0.25) is 9.69 Å². The highest BCUT2D eigenvalue weighted by Gasteiger charge is 2.16. The number of piperidine rings is 1. The molecule has 7 heteroatoms. The molecule has 0 saturated carbocycles. The van der Waals surface area contributed by atoms with Crippen LogP contribution in [0.5, 0.6) is 0 Å². The Kier molecular flexibility index (Phi) is 7.41. The third-order valence-corrected chi connectivity index (χ3v) is 6.56.